The number of nitriles is 1. The van der Waals surface area contributed by atoms with Crippen molar-refractivity contribution < 1.29 is 19.1 Å². The fourth-order valence-corrected chi connectivity index (χ4v) is 4.98. The predicted molar refractivity (Wildman–Crippen MR) is 129 cm³/mol. The van der Waals surface area contributed by atoms with Crippen LogP contribution in [0.3, 0.4) is 0 Å². The Bertz CT molecular complexity index is 999. The molecule has 2 aliphatic heterocycles. The van der Waals surface area contributed by atoms with Gasteiger partial charge in [0, 0.05) is 24.4 Å². The van der Waals surface area contributed by atoms with Gasteiger partial charge in [0.1, 0.15) is 5.60 Å². The summed E-state index contributed by atoms with van der Waals surface area (Å²) in [4.78, 5) is 27.3. The molecule has 0 unspecified atom stereocenters. The zero-order valence-electron chi connectivity index (χ0n) is 20.9. The maximum absolute atomic E-state index is 13.2. The van der Waals surface area contributed by atoms with E-state index >= 15 is 0 Å². The molecule has 2 N–H and O–H groups in total. The highest BCUT2D eigenvalue weighted by atomic mass is 16.6. The summed E-state index contributed by atoms with van der Waals surface area (Å²) in [5.41, 5.74) is 1.36. The average Bonchev–Trinajstić information content (AvgIpc) is 3.35. The highest BCUT2D eigenvalue weighted by molar-refractivity contribution is 5.98. The molecule has 2 atom stereocenters. The molecule has 0 radical (unpaired) electrons. The summed E-state index contributed by atoms with van der Waals surface area (Å²) in [6.45, 7) is 12.3. The van der Waals surface area contributed by atoms with Crippen LogP contribution in [-0.4, -0.2) is 54.8 Å². The smallest absolute Gasteiger partial charge is 0.410 e. The highest BCUT2D eigenvalue weighted by Gasteiger charge is 2.59. The Hall–Kier alpha value is -2.79. The minimum atomic E-state index is -0.513. The summed E-state index contributed by atoms with van der Waals surface area (Å²) in [5.74, 6) is -0.0663. The maximum Gasteiger partial charge on any atom is 0.410 e. The molecular formula is C26H36N4O4. The fraction of sp³-hybridized carbons (Fsp3) is 0.654. The van der Waals surface area contributed by atoms with Gasteiger partial charge in [-0.15, -0.1) is 0 Å². The molecule has 184 valence electrons. The number of amides is 2. The van der Waals surface area contributed by atoms with Crippen LogP contribution in [-0.2, 0) is 14.3 Å². The average molecular weight is 469 g/mol. The summed E-state index contributed by atoms with van der Waals surface area (Å²) < 4.78 is 11.1. The van der Waals surface area contributed by atoms with Crippen molar-refractivity contribution in [1.82, 2.24) is 4.90 Å². The summed E-state index contributed by atoms with van der Waals surface area (Å²) in [7, 11) is 0. The summed E-state index contributed by atoms with van der Waals surface area (Å²) in [6, 6.07) is 7.56. The van der Waals surface area contributed by atoms with Crippen molar-refractivity contribution in [1.29, 1.82) is 5.26 Å². The largest absolute Gasteiger partial charge is 0.444 e. The lowest BCUT2D eigenvalue weighted by Crippen LogP contribution is -2.43. The van der Waals surface area contributed by atoms with Crippen molar-refractivity contribution in [2.24, 2.45) is 16.7 Å². The molecule has 1 aromatic rings. The molecule has 8 nitrogen and oxygen atoms in total. The SMILES string of the molecule is CC(C)(C)OC(=O)N1CCC2(CC1)C[C@H]2C(=O)Nc1ccc(C#N)cc1N[C@@H]1COCC1(C)C. The van der Waals surface area contributed by atoms with Crippen LogP contribution in [0.1, 0.15) is 59.4 Å². The molecule has 4 rings (SSSR count). The molecule has 1 aromatic carbocycles. The molecule has 2 heterocycles. The standard InChI is InChI=1S/C26H36N4O4/c1-24(2,3)34-23(32)30-10-8-26(9-11-30)13-18(26)22(31)29-19-7-6-17(14-27)12-20(19)28-21-15-33-16-25(21,4)5/h6-7,12,18,21,28H,8-11,13,15-16H2,1-5H3,(H,29,31)/t18-,21+/m0/s1. The molecule has 3 fully saturated rings. The van der Waals surface area contributed by atoms with E-state index in [4.69, 9.17) is 9.47 Å². The van der Waals surface area contributed by atoms with Crippen LogP contribution in [0.15, 0.2) is 18.2 Å². The topological polar surface area (TPSA) is 104 Å². The van der Waals surface area contributed by atoms with Crippen LogP contribution in [0.4, 0.5) is 16.2 Å². The Labute approximate surface area is 202 Å². The summed E-state index contributed by atoms with van der Waals surface area (Å²) in [5, 5.41) is 16.0. The quantitative estimate of drug-likeness (QED) is 0.680. The molecule has 3 aliphatic rings. The number of benzene rings is 1. The fourth-order valence-electron chi connectivity index (χ4n) is 4.98. The number of nitrogens with one attached hydrogen (secondary N) is 2. The Morgan fingerprint density at radius 2 is 1.91 bits per heavy atom. The number of hydrogen-bond donors (Lipinski definition) is 2. The number of carbonyl (C=O) groups excluding carboxylic acids is 2. The first-order chi connectivity index (χ1) is 15.9. The summed E-state index contributed by atoms with van der Waals surface area (Å²) in [6.07, 6.45) is 2.16. The second kappa shape index (κ2) is 8.77. The van der Waals surface area contributed by atoms with Crippen molar-refractivity contribution >= 4 is 23.4 Å². The Morgan fingerprint density at radius 3 is 2.50 bits per heavy atom. The number of ether oxygens (including phenoxy) is 2. The van der Waals surface area contributed by atoms with Gasteiger partial charge in [-0.1, -0.05) is 13.8 Å². The van der Waals surface area contributed by atoms with Gasteiger partial charge >= 0.3 is 6.09 Å². The van der Waals surface area contributed by atoms with Crippen molar-refractivity contribution in [3.8, 4) is 6.07 Å². The van der Waals surface area contributed by atoms with E-state index in [1.54, 1.807) is 23.1 Å². The predicted octanol–water partition coefficient (Wildman–Crippen LogP) is 4.37. The van der Waals surface area contributed by atoms with Crippen LogP contribution in [0, 0.1) is 28.1 Å². The Morgan fingerprint density at radius 1 is 1.21 bits per heavy atom. The van der Waals surface area contributed by atoms with E-state index in [2.05, 4.69) is 30.6 Å². The Balaban J connectivity index is 1.39. The van der Waals surface area contributed by atoms with Crippen molar-refractivity contribution in [2.75, 3.05) is 36.9 Å². The van der Waals surface area contributed by atoms with Crippen LogP contribution < -0.4 is 10.6 Å². The van der Waals surface area contributed by atoms with Crippen molar-refractivity contribution in [2.45, 2.75) is 65.5 Å². The van der Waals surface area contributed by atoms with E-state index in [1.165, 1.54) is 0 Å². The number of likely N-dealkylation sites (tertiary alicyclic amines) is 1. The Kier molecular flexibility index (Phi) is 6.28. The third kappa shape index (κ3) is 5.15. The normalized spacial score (nSPS) is 24.9. The van der Waals surface area contributed by atoms with Gasteiger partial charge in [0.05, 0.1) is 42.3 Å². The van der Waals surface area contributed by atoms with Crippen molar-refractivity contribution in [3.05, 3.63) is 23.8 Å². The van der Waals surface area contributed by atoms with E-state index in [-0.39, 0.29) is 34.8 Å². The van der Waals surface area contributed by atoms with Gasteiger partial charge < -0.3 is 25.0 Å². The monoisotopic (exact) mass is 468 g/mol. The third-order valence-corrected chi connectivity index (χ3v) is 7.36. The molecule has 2 amide bonds. The van der Waals surface area contributed by atoms with Crippen molar-refractivity contribution in [3.63, 3.8) is 0 Å². The zero-order valence-corrected chi connectivity index (χ0v) is 20.9. The van der Waals surface area contributed by atoms with Gasteiger partial charge in [-0.25, -0.2) is 4.79 Å². The van der Waals surface area contributed by atoms with Crippen LogP contribution >= 0.6 is 0 Å². The lowest BCUT2D eigenvalue weighted by Gasteiger charge is -2.34. The van der Waals surface area contributed by atoms with E-state index in [1.807, 2.05) is 20.8 Å². The molecule has 1 spiro atoms. The second-order valence-electron chi connectivity index (χ2n) is 11.6. The van der Waals surface area contributed by atoms with Crippen LogP contribution in [0.2, 0.25) is 0 Å². The third-order valence-electron chi connectivity index (χ3n) is 7.36. The van der Waals surface area contributed by atoms with E-state index in [0.29, 0.717) is 37.6 Å². The zero-order chi connectivity index (χ0) is 24.7. The molecule has 1 aliphatic carbocycles. The molecule has 0 aromatic heterocycles. The number of rotatable bonds is 4. The van der Waals surface area contributed by atoms with Gasteiger partial charge in [-0.05, 0) is 63.6 Å². The maximum atomic E-state index is 13.2. The van der Waals surface area contributed by atoms with Gasteiger partial charge in [0.2, 0.25) is 5.91 Å². The minimum Gasteiger partial charge on any atom is -0.444 e. The molecule has 0 bridgehead atoms. The first kappa shape index (κ1) is 24.3. The summed E-state index contributed by atoms with van der Waals surface area (Å²) >= 11 is 0. The molecule has 34 heavy (non-hydrogen) atoms. The van der Waals surface area contributed by atoms with Crippen LogP contribution in [0.5, 0.6) is 0 Å². The lowest BCUT2D eigenvalue weighted by atomic mass is 9.87. The molecule has 8 heteroatoms. The molecule has 1 saturated carbocycles. The first-order valence-corrected chi connectivity index (χ1v) is 12.1. The van der Waals surface area contributed by atoms with E-state index in [9.17, 15) is 14.9 Å². The molecule has 2 saturated heterocycles. The first-order valence-electron chi connectivity index (χ1n) is 12.1. The number of hydrogen-bond acceptors (Lipinski definition) is 6. The second-order valence-corrected chi connectivity index (χ2v) is 11.6. The minimum absolute atomic E-state index is 0.000378. The van der Waals surface area contributed by atoms with E-state index in [0.717, 1.165) is 24.9 Å². The number of carbonyl (C=O) groups is 2. The number of nitrogens with zero attached hydrogens (tertiary/aromatic N) is 2. The van der Waals surface area contributed by atoms with Crippen LogP contribution in [0.25, 0.3) is 0 Å². The highest BCUT2D eigenvalue weighted by Crippen LogP contribution is 2.59. The van der Waals surface area contributed by atoms with E-state index < -0.39 is 5.60 Å². The van der Waals surface area contributed by atoms with Gasteiger partial charge in [0.25, 0.3) is 0 Å². The van der Waals surface area contributed by atoms with Gasteiger partial charge in [-0.2, -0.15) is 5.26 Å². The number of piperidine rings is 1. The lowest BCUT2D eigenvalue weighted by molar-refractivity contribution is -0.118. The number of anilines is 2. The van der Waals surface area contributed by atoms with Gasteiger partial charge in [0.15, 0.2) is 0 Å². The van der Waals surface area contributed by atoms with Gasteiger partial charge in [-0.3, -0.25) is 4.79 Å². The molecular weight excluding hydrogens is 432 g/mol.